The summed E-state index contributed by atoms with van der Waals surface area (Å²) < 4.78 is 0. The number of hydrogen-bond donors (Lipinski definition) is 6. The Labute approximate surface area is 117 Å². The molecule has 0 heterocycles. The van der Waals surface area contributed by atoms with Crippen LogP contribution in [0.4, 0.5) is 0 Å². The zero-order valence-electron chi connectivity index (χ0n) is 13.0. The summed E-state index contributed by atoms with van der Waals surface area (Å²) in [6.45, 7) is 10.1. The molecule has 0 rings (SSSR count). The van der Waals surface area contributed by atoms with Gasteiger partial charge in [0.2, 0.25) is 0 Å². The molecule has 0 aromatic carbocycles. The maximum absolute atomic E-state index is 9.03. The van der Waals surface area contributed by atoms with Gasteiger partial charge in [0.25, 0.3) is 0 Å². The zero-order chi connectivity index (χ0) is 16.3. The second kappa shape index (κ2) is 11.6. The van der Waals surface area contributed by atoms with E-state index < -0.39 is 31.1 Å². The van der Waals surface area contributed by atoms with Gasteiger partial charge >= 0.3 is 7.69 Å². The molecular formula is C12H31BO6. The fraction of sp³-hybridized carbons (Fsp3) is 1.00. The van der Waals surface area contributed by atoms with Crippen LogP contribution >= 0.6 is 0 Å². The van der Waals surface area contributed by atoms with Crippen molar-refractivity contribution >= 4 is 7.69 Å². The van der Waals surface area contributed by atoms with E-state index in [2.05, 4.69) is 0 Å². The lowest BCUT2D eigenvalue weighted by Gasteiger charge is -2.18. The van der Waals surface area contributed by atoms with Gasteiger partial charge in [0.15, 0.2) is 0 Å². The average molecular weight is 282 g/mol. The van der Waals surface area contributed by atoms with Gasteiger partial charge in [-0.3, -0.25) is 0 Å². The van der Waals surface area contributed by atoms with E-state index >= 15 is 0 Å². The molecule has 0 aliphatic carbocycles. The molecule has 0 saturated heterocycles. The van der Waals surface area contributed by atoms with E-state index in [1.165, 1.54) is 0 Å². The molecule has 0 bridgehead atoms. The first-order valence-corrected chi connectivity index (χ1v) is 6.27. The van der Waals surface area contributed by atoms with Gasteiger partial charge in [0.05, 0.1) is 23.4 Å². The molecule has 6 N–H and O–H groups in total. The highest BCUT2D eigenvalue weighted by Gasteiger charge is 2.15. The lowest BCUT2D eigenvalue weighted by molar-refractivity contribution is 0.0238. The lowest BCUT2D eigenvalue weighted by Crippen LogP contribution is -2.24. The Kier molecular flexibility index (Phi) is 14.6. The van der Waals surface area contributed by atoms with Gasteiger partial charge in [0.1, 0.15) is 0 Å². The Bertz CT molecular complexity index is 164. The second-order valence-electron chi connectivity index (χ2n) is 5.87. The fourth-order valence-electron chi connectivity index (χ4n) is 1.45. The first-order valence-electron chi connectivity index (χ1n) is 6.27. The Hall–Kier alpha value is -0.175. The predicted octanol–water partition coefficient (Wildman–Crippen LogP) is -0.706. The molecule has 0 aliphatic heterocycles. The molecule has 0 radical (unpaired) electrons. The lowest BCUT2D eigenvalue weighted by atomic mass is 10.0. The molecule has 0 aliphatic rings. The summed E-state index contributed by atoms with van der Waals surface area (Å²) in [6.07, 6.45) is 0.0602. The molecule has 0 aromatic rings. The van der Waals surface area contributed by atoms with Crippen molar-refractivity contribution in [2.45, 2.75) is 77.8 Å². The van der Waals surface area contributed by atoms with E-state index in [-0.39, 0.29) is 0 Å². The maximum Gasteiger partial charge on any atom is 0.432 e. The summed E-state index contributed by atoms with van der Waals surface area (Å²) >= 11 is 0. The molecular weight excluding hydrogens is 251 g/mol. The minimum absolute atomic E-state index is 0.407. The van der Waals surface area contributed by atoms with E-state index in [0.717, 1.165) is 0 Å². The average Bonchev–Trinajstić information content (AvgIpc) is 1.94. The topological polar surface area (TPSA) is 121 Å². The van der Waals surface area contributed by atoms with Crippen LogP contribution in [0, 0.1) is 0 Å². The molecule has 0 fully saturated rings. The molecule has 0 amide bonds. The summed E-state index contributed by atoms with van der Waals surface area (Å²) in [7, 11) is -0.750. The van der Waals surface area contributed by atoms with Crippen molar-refractivity contribution in [1.29, 1.82) is 0 Å². The smallest absolute Gasteiger partial charge is 0.430 e. The summed E-state index contributed by atoms with van der Waals surface area (Å²) in [5.74, 6) is 0. The van der Waals surface area contributed by atoms with Gasteiger partial charge in [-0.05, 0) is 41.5 Å². The highest BCUT2D eigenvalue weighted by Crippen LogP contribution is 2.09. The second-order valence-corrected chi connectivity index (χ2v) is 5.87. The summed E-state index contributed by atoms with van der Waals surface area (Å²) in [4.78, 5) is 0. The molecule has 7 heteroatoms. The summed E-state index contributed by atoms with van der Waals surface area (Å²) in [5, 5.41) is 49.8. The molecule has 19 heavy (non-hydrogen) atoms. The Morgan fingerprint density at radius 2 is 0.947 bits per heavy atom. The van der Waals surface area contributed by atoms with Gasteiger partial charge in [-0.15, -0.1) is 0 Å². The maximum atomic E-state index is 9.03. The van der Waals surface area contributed by atoms with E-state index in [9.17, 15) is 0 Å². The van der Waals surface area contributed by atoms with E-state index in [0.29, 0.717) is 12.8 Å². The van der Waals surface area contributed by atoms with Gasteiger partial charge in [-0.2, -0.15) is 0 Å². The van der Waals surface area contributed by atoms with Crippen molar-refractivity contribution in [3.05, 3.63) is 0 Å². The Morgan fingerprint density at radius 1 is 0.789 bits per heavy atom. The van der Waals surface area contributed by atoms with Crippen LogP contribution in [0.25, 0.3) is 0 Å². The molecule has 2 atom stereocenters. The van der Waals surface area contributed by atoms with Crippen LogP contribution < -0.4 is 0 Å². The third kappa shape index (κ3) is 46.2. The predicted molar refractivity (Wildman–Crippen MR) is 76.8 cm³/mol. The van der Waals surface area contributed by atoms with Gasteiger partial charge < -0.3 is 30.5 Å². The Balaban J connectivity index is -0.000000224. The van der Waals surface area contributed by atoms with Crippen molar-refractivity contribution < 1.29 is 30.5 Å². The van der Waals surface area contributed by atoms with Crippen molar-refractivity contribution in [1.82, 2.24) is 0 Å². The third-order valence-corrected chi connectivity index (χ3v) is 1.59. The first-order chi connectivity index (χ1) is 8.25. The van der Waals surface area contributed by atoms with Crippen molar-refractivity contribution in [3.63, 3.8) is 0 Å². The van der Waals surface area contributed by atoms with E-state index in [4.69, 9.17) is 30.5 Å². The normalized spacial score (nSPS) is 14.3. The zero-order valence-corrected chi connectivity index (χ0v) is 13.0. The molecule has 0 aromatic heterocycles. The van der Waals surface area contributed by atoms with Crippen LogP contribution in [0.2, 0.25) is 0 Å². The van der Waals surface area contributed by atoms with Crippen LogP contribution in [0.1, 0.15) is 54.4 Å². The van der Waals surface area contributed by atoms with Crippen molar-refractivity contribution in [2.75, 3.05) is 0 Å². The first kappa shape index (κ1) is 23.9. The van der Waals surface area contributed by atoms with Gasteiger partial charge in [0, 0.05) is 12.8 Å². The van der Waals surface area contributed by atoms with E-state index in [1.54, 1.807) is 41.5 Å². The monoisotopic (exact) mass is 282 g/mol. The van der Waals surface area contributed by atoms with Crippen LogP contribution in [-0.2, 0) is 0 Å². The highest BCUT2D eigenvalue weighted by molar-refractivity contribution is 6.13. The molecule has 6 nitrogen and oxygen atoms in total. The molecule has 118 valence electrons. The number of hydrogen-bond acceptors (Lipinski definition) is 6. The standard InChI is InChI=1S/2C6H14O2.BH3O2/c2*1-5(7)4-6(2,3)8;2-1-3/h2*5,7-8H,4H2,1-3H3;1-3H. The van der Waals surface area contributed by atoms with Crippen molar-refractivity contribution in [2.24, 2.45) is 0 Å². The minimum Gasteiger partial charge on any atom is -0.430 e. The highest BCUT2D eigenvalue weighted by atomic mass is 16.4. The third-order valence-electron chi connectivity index (χ3n) is 1.59. The van der Waals surface area contributed by atoms with Crippen LogP contribution in [-0.4, -0.2) is 61.6 Å². The van der Waals surface area contributed by atoms with Crippen LogP contribution in [0.5, 0.6) is 0 Å². The SMILES string of the molecule is CC(O)CC(C)(C)O.CC(O)CC(C)(C)O.OBO. The largest absolute Gasteiger partial charge is 0.432 e. The van der Waals surface area contributed by atoms with Crippen LogP contribution in [0.3, 0.4) is 0 Å². The number of aliphatic hydroxyl groups excluding tert-OH is 2. The summed E-state index contributed by atoms with van der Waals surface area (Å²) in [5.41, 5.74) is -1.46. The van der Waals surface area contributed by atoms with Gasteiger partial charge in [-0.25, -0.2) is 0 Å². The fourth-order valence-corrected chi connectivity index (χ4v) is 1.45. The minimum atomic E-state index is -0.750. The number of aliphatic hydroxyl groups is 4. The molecule has 0 spiro atoms. The van der Waals surface area contributed by atoms with Gasteiger partial charge in [-0.1, -0.05) is 0 Å². The quantitative estimate of drug-likeness (QED) is 0.379. The number of rotatable bonds is 4. The summed E-state index contributed by atoms with van der Waals surface area (Å²) in [6, 6.07) is 0. The molecule has 2 unspecified atom stereocenters. The van der Waals surface area contributed by atoms with Crippen molar-refractivity contribution in [3.8, 4) is 0 Å². The Morgan fingerprint density at radius 3 is 0.947 bits per heavy atom. The molecule has 0 saturated carbocycles. The van der Waals surface area contributed by atoms with Crippen LogP contribution in [0.15, 0.2) is 0 Å². The van der Waals surface area contributed by atoms with E-state index in [1.807, 2.05) is 0 Å².